The summed E-state index contributed by atoms with van der Waals surface area (Å²) in [7, 11) is 0. The van der Waals surface area contributed by atoms with Crippen LogP contribution < -0.4 is 0 Å². The molecule has 0 atom stereocenters. The number of hydrogen-bond acceptors (Lipinski definition) is 6. The third-order valence-electron chi connectivity index (χ3n) is 7.09. The van der Waals surface area contributed by atoms with Crippen LogP contribution in [0.3, 0.4) is 0 Å². The number of aliphatic hydroxyl groups is 1. The number of ether oxygens (including phenoxy) is 2. The average Bonchev–Trinajstić information content (AvgIpc) is 2.95. The van der Waals surface area contributed by atoms with Crippen LogP contribution >= 0.6 is 0 Å². The highest BCUT2D eigenvalue weighted by Crippen LogP contribution is 2.08. The molecule has 0 aliphatic carbocycles. The molecule has 0 saturated carbocycles. The van der Waals surface area contributed by atoms with E-state index in [1.165, 1.54) is 64.2 Å². The quantitative estimate of drug-likeness (QED) is 0.0536. The lowest BCUT2D eigenvalue weighted by atomic mass is 10.1. The van der Waals surface area contributed by atoms with Gasteiger partial charge in [-0.2, -0.15) is 0 Å². The lowest BCUT2D eigenvalue weighted by Crippen LogP contribution is -2.29. The molecule has 234 valence electrons. The van der Waals surface area contributed by atoms with E-state index in [4.69, 9.17) is 9.47 Å². The first kappa shape index (κ1) is 38.3. The molecule has 0 saturated heterocycles. The number of unbranched alkanes of at least 4 members (excludes halogenated alkanes) is 14. The zero-order valence-electron chi connectivity index (χ0n) is 26.2. The minimum Gasteiger partial charge on any atom is -0.461 e. The zero-order chi connectivity index (χ0) is 29.4. The number of esters is 2. The Morgan fingerprint density at radius 3 is 1.40 bits per heavy atom. The van der Waals surface area contributed by atoms with E-state index in [1.54, 1.807) is 0 Å². The fraction of sp³-hybridized carbons (Fsp3) is 0.824. The van der Waals surface area contributed by atoms with Gasteiger partial charge in [0.15, 0.2) is 0 Å². The molecule has 0 aromatic carbocycles. The van der Waals surface area contributed by atoms with Crippen LogP contribution in [0, 0.1) is 0 Å². The molecule has 0 aliphatic heterocycles. The first-order chi connectivity index (χ1) is 19.6. The molecular formula is C34H63NO5. The Morgan fingerprint density at radius 2 is 0.975 bits per heavy atom. The van der Waals surface area contributed by atoms with Crippen molar-refractivity contribution in [3.05, 3.63) is 24.3 Å². The minimum atomic E-state index is -0.118. The number of nitrogens with zero attached hydrogens (tertiary/aromatic N) is 1. The van der Waals surface area contributed by atoms with Gasteiger partial charge in [0, 0.05) is 19.4 Å². The summed E-state index contributed by atoms with van der Waals surface area (Å²) in [4.78, 5) is 26.1. The van der Waals surface area contributed by atoms with Crippen molar-refractivity contribution in [3.8, 4) is 0 Å². The van der Waals surface area contributed by atoms with Crippen LogP contribution in [0.4, 0.5) is 0 Å². The third-order valence-corrected chi connectivity index (χ3v) is 7.09. The van der Waals surface area contributed by atoms with Crippen molar-refractivity contribution in [3.63, 3.8) is 0 Å². The number of aliphatic hydroxyl groups excluding tert-OH is 1. The van der Waals surface area contributed by atoms with Gasteiger partial charge in [0.05, 0.1) is 6.61 Å². The van der Waals surface area contributed by atoms with Gasteiger partial charge in [-0.25, -0.2) is 0 Å². The van der Waals surface area contributed by atoms with Crippen molar-refractivity contribution in [1.29, 1.82) is 0 Å². The molecule has 0 heterocycles. The number of carbonyl (C=O) groups excluding carboxylic acids is 2. The van der Waals surface area contributed by atoms with E-state index in [-0.39, 0.29) is 18.5 Å². The molecule has 0 unspecified atom stereocenters. The molecular weight excluding hydrogens is 502 g/mol. The predicted octanol–water partition coefficient (Wildman–Crippen LogP) is 8.32. The summed E-state index contributed by atoms with van der Waals surface area (Å²) in [5.74, 6) is -0.237. The first-order valence-electron chi connectivity index (χ1n) is 16.6. The molecule has 0 rings (SSSR count). The van der Waals surface area contributed by atoms with Gasteiger partial charge in [0.25, 0.3) is 0 Å². The second kappa shape index (κ2) is 31.9. The molecule has 1 N–H and O–H groups in total. The van der Waals surface area contributed by atoms with E-state index in [1.807, 2.05) is 12.2 Å². The SMILES string of the molecule is CCCCCCC/C=C\COC(=O)CCCCCN(CCO)CCCCCC(=O)OC/C=C\CCCCCCC. The Labute approximate surface area is 247 Å². The Kier molecular flexibility index (Phi) is 30.5. The number of rotatable bonds is 30. The molecule has 0 fully saturated rings. The van der Waals surface area contributed by atoms with Crippen molar-refractivity contribution in [1.82, 2.24) is 4.90 Å². The third kappa shape index (κ3) is 29.3. The van der Waals surface area contributed by atoms with Gasteiger partial charge in [0.1, 0.15) is 13.2 Å². The summed E-state index contributed by atoms with van der Waals surface area (Å²) in [6.45, 7) is 7.87. The van der Waals surface area contributed by atoms with Gasteiger partial charge in [-0.1, -0.05) is 102 Å². The monoisotopic (exact) mass is 565 g/mol. The maximum atomic E-state index is 11.9. The summed E-state index contributed by atoms with van der Waals surface area (Å²) < 4.78 is 10.6. The number of allylic oxidation sites excluding steroid dienone is 2. The Hall–Kier alpha value is -1.66. The number of carbonyl (C=O) groups is 2. The van der Waals surface area contributed by atoms with Gasteiger partial charge in [-0.3, -0.25) is 9.59 Å². The van der Waals surface area contributed by atoms with Crippen LogP contribution in [-0.2, 0) is 19.1 Å². The van der Waals surface area contributed by atoms with Crippen molar-refractivity contribution < 1.29 is 24.2 Å². The van der Waals surface area contributed by atoms with Gasteiger partial charge in [0.2, 0.25) is 0 Å². The molecule has 0 amide bonds. The van der Waals surface area contributed by atoms with Crippen molar-refractivity contribution in [2.75, 3.05) is 39.5 Å². The van der Waals surface area contributed by atoms with E-state index in [0.29, 0.717) is 32.6 Å². The minimum absolute atomic E-state index is 0.118. The fourth-order valence-corrected chi connectivity index (χ4v) is 4.57. The summed E-state index contributed by atoms with van der Waals surface area (Å²) in [5.41, 5.74) is 0. The second-order valence-electron chi connectivity index (χ2n) is 10.9. The van der Waals surface area contributed by atoms with E-state index in [0.717, 1.165) is 64.5 Å². The highest BCUT2D eigenvalue weighted by molar-refractivity contribution is 5.69. The summed E-state index contributed by atoms with van der Waals surface area (Å²) >= 11 is 0. The lowest BCUT2D eigenvalue weighted by molar-refractivity contribution is -0.143. The molecule has 0 aromatic rings. The lowest BCUT2D eigenvalue weighted by Gasteiger charge is -2.21. The van der Waals surface area contributed by atoms with Crippen molar-refractivity contribution in [2.45, 2.75) is 142 Å². The highest BCUT2D eigenvalue weighted by Gasteiger charge is 2.07. The van der Waals surface area contributed by atoms with Crippen LogP contribution in [0.15, 0.2) is 24.3 Å². The van der Waals surface area contributed by atoms with Gasteiger partial charge in [-0.05, 0) is 64.5 Å². The zero-order valence-corrected chi connectivity index (χ0v) is 26.2. The molecule has 0 aromatic heterocycles. The molecule has 0 bridgehead atoms. The van der Waals surface area contributed by atoms with E-state index >= 15 is 0 Å². The molecule has 0 aliphatic rings. The van der Waals surface area contributed by atoms with Crippen LogP contribution in [0.1, 0.15) is 142 Å². The summed E-state index contributed by atoms with van der Waals surface area (Å²) in [6, 6.07) is 0. The smallest absolute Gasteiger partial charge is 0.306 e. The van der Waals surface area contributed by atoms with Gasteiger partial charge < -0.3 is 19.5 Å². The summed E-state index contributed by atoms with van der Waals surface area (Å²) in [6.07, 6.45) is 29.6. The molecule has 0 spiro atoms. The summed E-state index contributed by atoms with van der Waals surface area (Å²) in [5, 5.41) is 9.38. The Bertz CT molecular complexity index is 569. The average molecular weight is 566 g/mol. The van der Waals surface area contributed by atoms with Crippen molar-refractivity contribution in [2.24, 2.45) is 0 Å². The van der Waals surface area contributed by atoms with Gasteiger partial charge >= 0.3 is 11.9 Å². The first-order valence-corrected chi connectivity index (χ1v) is 16.6. The topological polar surface area (TPSA) is 76.1 Å². The van der Waals surface area contributed by atoms with E-state index in [9.17, 15) is 14.7 Å². The van der Waals surface area contributed by atoms with Crippen LogP contribution in [-0.4, -0.2) is 61.4 Å². The van der Waals surface area contributed by atoms with E-state index in [2.05, 4.69) is 30.9 Å². The Balaban J connectivity index is 3.69. The Morgan fingerprint density at radius 1 is 0.550 bits per heavy atom. The molecule has 40 heavy (non-hydrogen) atoms. The maximum Gasteiger partial charge on any atom is 0.306 e. The molecule has 6 nitrogen and oxygen atoms in total. The second-order valence-corrected chi connectivity index (χ2v) is 10.9. The fourth-order valence-electron chi connectivity index (χ4n) is 4.57. The van der Waals surface area contributed by atoms with E-state index < -0.39 is 0 Å². The van der Waals surface area contributed by atoms with Crippen LogP contribution in [0.2, 0.25) is 0 Å². The molecule has 6 heteroatoms. The highest BCUT2D eigenvalue weighted by atomic mass is 16.5. The van der Waals surface area contributed by atoms with Gasteiger partial charge in [-0.15, -0.1) is 0 Å². The normalized spacial score (nSPS) is 11.7. The molecule has 0 radical (unpaired) electrons. The maximum absolute atomic E-state index is 11.9. The van der Waals surface area contributed by atoms with Crippen molar-refractivity contribution >= 4 is 11.9 Å². The largest absolute Gasteiger partial charge is 0.461 e. The predicted molar refractivity (Wildman–Crippen MR) is 167 cm³/mol. The standard InChI is InChI=1S/C34H63NO5/c1-3-5-7-9-11-13-15-23-31-39-33(37)25-19-17-21-27-35(29-30-36)28-22-18-20-26-34(38)40-32-24-16-14-12-10-8-6-4-2/h15-16,23-24,36H,3-14,17-22,25-32H2,1-2H3/b23-15-,24-16-. The number of hydrogen-bond donors (Lipinski definition) is 1. The van der Waals surface area contributed by atoms with Crippen LogP contribution in [0.5, 0.6) is 0 Å². The van der Waals surface area contributed by atoms with Crippen LogP contribution in [0.25, 0.3) is 0 Å².